The Morgan fingerprint density at radius 2 is 1.79 bits per heavy atom. The van der Waals surface area contributed by atoms with Crippen molar-refractivity contribution in [2.75, 3.05) is 19.8 Å². The van der Waals surface area contributed by atoms with Crippen molar-refractivity contribution < 1.29 is 19.1 Å². The minimum Gasteiger partial charge on any atom is -0.490 e. The summed E-state index contributed by atoms with van der Waals surface area (Å²) in [7, 11) is 0. The lowest BCUT2D eigenvalue weighted by Gasteiger charge is -2.11. The van der Waals surface area contributed by atoms with E-state index in [1.807, 2.05) is 27.7 Å². The van der Waals surface area contributed by atoms with E-state index in [2.05, 4.69) is 15.8 Å². The maximum atomic E-state index is 11.6. The van der Waals surface area contributed by atoms with Crippen LogP contribution in [0.3, 0.4) is 0 Å². The van der Waals surface area contributed by atoms with E-state index in [-0.39, 0.29) is 5.92 Å². The van der Waals surface area contributed by atoms with Gasteiger partial charge in [0.1, 0.15) is 0 Å². The van der Waals surface area contributed by atoms with Gasteiger partial charge in [0.15, 0.2) is 11.5 Å². The van der Waals surface area contributed by atoms with Crippen LogP contribution in [0.2, 0.25) is 0 Å². The molecule has 0 spiro atoms. The number of benzene rings is 1. The van der Waals surface area contributed by atoms with Crippen molar-refractivity contribution >= 4 is 18.0 Å². The van der Waals surface area contributed by atoms with Gasteiger partial charge in [0.25, 0.3) is 0 Å². The fourth-order valence-electron chi connectivity index (χ4n) is 1.74. The minimum absolute atomic E-state index is 0.270. The average molecular weight is 335 g/mol. The van der Waals surface area contributed by atoms with Crippen molar-refractivity contribution in [1.82, 2.24) is 10.7 Å². The first-order valence-electron chi connectivity index (χ1n) is 7.98. The summed E-state index contributed by atoms with van der Waals surface area (Å²) in [6.07, 6.45) is 1.44. The van der Waals surface area contributed by atoms with E-state index in [9.17, 15) is 9.59 Å². The molecule has 1 aromatic rings. The standard InChI is InChI=1S/C17H25N3O4/c1-5-23-14-8-7-13(9-15(14)24-6-2)11-19-20-17(22)16(21)18-10-12(3)4/h7-9,11-12H,5-6,10H2,1-4H3,(H,18,21)(H,20,22)/b19-11-. The number of rotatable bonds is 8. The molecule has 7 nitrogen and oxygen atoms in total. The Morgan fingerprint density at radius 3 is 2.42 bits per heavy atom. The van der Waals surface area contributed by atoms with Crippen LogP contribution in [0.15, 0.2) is 23.3 Å². The molecule has 2 amide bonds. The van der Waals surface area contributed by atoms with Gasteiger partial charge in [0, 0.05) is 6.54 Å². The molecule has 1 rings (SSSR count). The van der Waals surface area contributed by atoms with Crippen molar-refractivity contribution in [2.45, 2.75) is 27.7 Å². The highest BCUT2D eigenvalue weighted by atomic mass is 16.5. The maximum absolute atomic E-state index is 11.6. The molecule has 132 valence electrons. The molecule has 0 heterocycles. The number of ether oxygens (including phenoxy) is 2. The van der Waals surface area contributed by atoms with Crippen LogP contribution < -0.4 is 20.2 Å². The van der Waals surface area contributed by atoms with Crippen LogP contribution in [0.1, 0.15) is 33.3 Å². The summed E-state index contributed by atoms with van der Waals surface area (Å²) in [5.41, 5.74) is 2.91. The van der Waals surface area contributed by atoms with Gasteiger partial charge in [-0.2, -0.15) is 5.10 Å². The SMILES string of the molecule is CCOc1ccc(/C=N\NC(=O)C(=O)NCC(C)C)cc1OCC. The van der Waals surface area contributed by atoms with Crippen molar-refractivity contribution in [3.8, 4) is 11.5 Å². The minimum atomic E-state index is -0.803. The number of carbonyl (C=O) groups is 2. The van der Waals surface area contributed by atoms with Gasteiger partial charge in [-0.3, -0.25) is 9.59 Å². The van der Waals surface area contributed by atoms with Crippen molar-refractivity contribution in [3.05, 3.63) is 23.8 Å². The molecule has 24 heavy (non-hydrogen) atoms. The van der Waals surface area contributed by atoms with E-state index in [1.54, 1.807) is 18.2 Å². The van der Waals surface area contributed by atoms with Crippen LogP contribution in [-0.4, -0.2) is 37.8 Å². The van der Waals surface area contributed by atoms with Crippen LogP contribution in [0.4, 0.5) is 0 Å². The van der Waals surface area contributed by atoms with Gasteiger partial charge in [0.05, 0.1) is 19.4 Å². The first kappa shape index (κ1) is 19.5. The number of amides is 2. The molecule has 0 bridgehead atoms. The molecule has 0 atom stereocenters. The second-order valence-electron chi connectivity index (χ2n) is 5.38. The number of carbonyl (C=O) groups excluding carboxylic acids is 2. The van der Waals surface area contributed by atoms with Gasteiger partial charge in [0.2, 0.25) is 0 Å². The second-order valence-corrected chi connectivity index (χ2v) is 5.38. The summed E-state index contributed by atoms with van der Waals surface area (Å²) in [6.45, 7) is 9.14. The summed E-state index contributed by atoms with van der Waals surface area (Å²) < 4.78 is 11.0. The zero-order chi connectivity index (χ0) is 17.9. The molecule has 0 aromatic heterocycles. The molecular weight excluding hydrogens is 310 g/mol. The third kappa shape index (κ3) is 6.68. The summed E-state index contributed by atoms with van der Waals surface area (Å²) in [5.74, 6) is 0.00871. The third-order valence-electron chi connectivity index (χ3n) is 2.82. The molecule has 0 aliphatic rings. The number of nitrogens with one attached hydrogen (secondary N) is 2. The lowest BCUT2D eigenvalue weighted by atomic mass is 10.2. The first-order chi connectivity index (χ1) is 11.5. The van der Waals surface area contributed by atoms with Crippen molar-refractivity contribution in [2.24, 2.45) is 11.0 Å². The smallest absolute Gasteiger partial charge is 0.329 e. The maximum Gasteiger partial charge on any atom is 0.329 e. The highest BCUT2D eigenvalue weighted by molar-refractivity contribution is 6.35. The Bertz CT molecular complexity index is 585. The van der Waals surface area contributed by atoms with Crippen LogP contribution in [-0.2, 0) is 9.59 Å². The van der Waals surface area contributed by atoms with E-state index in [4.69, 9.17) is 9.47 Å². The summed E-state index contributed by atoms with van der Waals surface area (Å²) >= 11 is 0. The fourth-order valence-corrected chi connectivity index (χ4v) is 1.74. The fraction of sp³-hybridized carbons (Fsp3) is 0.471. The lowest BCUT2D eigenvalue weighted by molar-refractivity contribution is -0.139. The Hall–Kier alpha value is -2.57. The van der Waals surface area contributed by atoms with Crippen molar-refractivity contribution in [3.63, 3.8) is 0 Å². The normalized spacial score (nSPS) is 10.7. The van der Waals surface area contributed by atoms with Crippen LogP contribution in [0, 0.1) is 5.92 Å². The van der Waals surface area contributed by atoms with E-state index in [0.717, 1.165) is 0 Å². The van der Waals surface area contributed by atoms with Gasteiger partial charge >= 0.3 is 11.8 Å². The van der Waals surface area contributed by atoms with Gasteiger partial charge in [-0.25, -0.2) is 5.43 Å². The highest BCUT2D eigenvalue weighted by Gasteiger charge is 2.12. The molecule has 0 aliphatic carbocycles. The Balaban J connectivity index is 2.64. The molecule has 7 heteroatoms. The number of hydrogen-bond acceptors (Lipinski definition) is 5. The van der Waals surface area contributed by atoms with Gasteiger partial charge in [-0.05, 0) is 43.5 Å². The molecule has 0 saturated carbocycles. The summed E-state index contributed by atoms with van der Waals surface area (Å²) in [6, 6.07) is 5.30. The third-order valence-corrected chi connectivity index (χ3v) is 2.82. The lowest BCUT2D eigenvalue weighted by Crippen LogP contribution is -2.39. The van der Waals surface area contributed by atoms with Crippen LogP contribution in [0.25, 0.3) is 0 Å². The predicted molar refractivity (Wildman–Crippen MR) is 92.4 cm³/mol. The molecule has 0 aliphatic heterocycles. The molecular formula is C17H25N3O4. The zero-order valence-electron chi connectivity index (χ0n) is 14.6. The number of nitrogens with zero attached hydrogens (tertiary/aromatic N) is 1. The van der Waals surface area contributed by atoms with E-state index >= 15 is 0 Å². The number of hydrogen-bond donors (Lipinski definition) is 2. The molecule has 1 aromatic carbocycles. The first-order valence-corrected chi connectivity index (χ1v) is 7.98. The molecule has 0 radical (unpaired) electrons. The largest absolute Gasteiger partial charge is 0.490 e. The predicted octanol–water partition coefficient (Wildman–Crippen LogP) is 1.71. The van der Waals surface area contributed by atoms with Crippen LogP contribution >= 0.6 is 0 Å². The quantitative estimate of drug-likeness (QED) is 0.430. The molecule has 0 fully saturated rings. The Labute approximate surface area is 142 Å². The van der Waals surface area contributed by atoms with E-state index in [1.165, 1.54) is 6.21 Å². The summed E-state index contributed by atoms with van der Waals surface area (Å²) in [5, 5.41) is 6.30. The summed E-state index contributed by atoms with van der Waals surface area (Å²) in [4.78, 5) is 23.1. The second kappa shape index (κ2) is 10.3. The zero-order valence-corrected chi connectivity index (χ0v) is 14.6. The monoisotopic (exact) mass is 335 g/mol. The van der Waals surface area contributed by atoms with E-state index < -0.39 is 11.8 Å². The van der Waals surface area contributed by atoms with Crippen LogP contribution in [0.5, 0.6) is 11.5 Å². The van der Waals surface area contributed by atoms with Gasteiger partial charge in [-0.15, -0.1) is 0 Å². The number of hydrazone groups is 1. The van der Waals surface area contributed by atoms with Gasteiger partial charge < -0.3 is 14.8 Å². The van der Waals surface area contributed by atoms with Crippen molar-refractivity contribution in [1.29, 1.82) is 0 Å². The topological polar surface area (TPSA) is 89.0 Å². The average Bonchev–Trinajstić information content (AvgIpc) is 2.55. The van der Waals surface area contributed by atoms with Gasteiger partial charge in [-0.1, -0.05) is 13.8 Å². The molecule has 2 N–H and O–H groups in total. The molecule has 0 saturated heterocycles. The highest BCUT2D eigenvalue weighted by Crippen LogP contribution is 2.27. The molecule has 0 unspecified atom stereocenters. The Kier molecular flexibility index (Phi) is 8.32. The van der Waals surface area contributed by atoms with E-state index in [0.29, 0.717) is 36.8 Å². The Morgan fingerprint density at radius 1 is 1.12 bits per heavy atom.